The van der Waals surface area contributed by atoms with E-state index in [1.807, 2.05) is 12.1 Å². The highest BCUT2D eigenvalue weighted by molar-refractivity contribution is 7.89. The average Bonchev–Trinajstić information content (AvgIpc) is 3.10. The first-order valence-corrected chi connectivity index (χ1v) is 10.4. The molecule has 1 N–H and O–H groups in total. The Balaban J connectivity index is 1.56. The van der Waals surface area contributed by atoms with Gasteiger partial charge in [-0.1, -0.05) is 31.9 Å². The van der Waals surface area contributed by atoms with Crippen LogP contribution >= 0.6 is 0 Å². The molecule has 1 aromatic carbocycles. The molecule has 0 bridgehead atoms. The molecule has 5 heteroatoms. The van der Waals surface area contributed by atoms with Gasteiger partial charge >= 0.3 is 0 Å². The van der Waals surface area contributed by atoms with Crippen molar-refractivity contribution < 1.29 is 8.42 Å². The van der Waals surface area contributed by atoms with Crippen molar-refractivity contribution in [3.05, 3.63) is 29.8 Å². The molecule has 0 unspecified atom stereocenters. The van der Waals surface area contributed by atoms with Gasteiger partial charge in [-0.3, -0.25) is 0 Å². The lowest BCUT2D eigenvalue weighted by molar-refractivity contribution is 0.151. The lowest BCUT2D eigenvalue weighted by Crippen LogP contribution is -2.47. The van der Waals surface area contributed by atoms with E-state index in [9.17, 15) is 8.42 Å². The van der Waals surface area contributed by atoms with E-state index in [1.165, 1.54) is 25.7 Å². The molecule has 0 amide bonds. The summed E-state index contributed by atoms with van der Waals surface area (Å²) in [7, 11) is -3.39. The van der Waals surface area contributed by atoms with Crippen molar-refractivity contribution >= 4 is 10.0 Å². The quantitative estimate of drug-likeness (QED) is 0.899. The second-order valence-corrected chi connectivity index (χ2v) is 8.58. The van der Waals surface area contributed by atoms with Gasteiger partial charge in [0.25, 0.3) is 0 Å². The van der Waals surface area contributed by atoms with Gasteiger partial charge in [0.05, 0.1) is 4.90 Å². The Bertz CT molecular complexity index is 598. The highest BCUT2D eigenvalue weighted by Gasteiger charge is 2.29. The van der Waals surface area contributed by atoms with Crippen LogP contribution in [0.25, 0.3) is 0 Å². The van der Waals surface area contributed by atoms with Gasteiger partial charge in [-0.05, 0) is 62.9 Å². The Morgan fingerprint density at radius 1 is 1.04 bits per heavy atom. The number of likely N-dealkylation sites (tertiary alicyclic amines) is 1. The van der Waals surface area contributed by atoms with Crippen molar-refractivity contribution in [2.24, 2.45) is 0 Å². The number of aryl methyl sites for hydroxylation is 1. The molecule has 0 atom stereocenters. The van der Waals surface area contributed by atoms with E-state index in [1.54, 1.807) is 12.1 Å². The van der Waals surface area contributed by atoms with Crippen LogP contribution in [0.3, 0.4) is 0 Å². The van der Waals surface area contributed by atoms with Crippen molar-refractivity contribution in [3.8, 4) is 0 Å². The van der Waals surface area contributed by atoms with Crippen LogP contribution < -0.4 is 4.72 Å². The van der Waals surface area contributed by atoms with E-state index in [0.29, 0.717) is 4.90 Å². The molecule has 128 valence electrons. The standard InChI is InChI=1S/C18H28N2O2S/c1-2-15-7-9-18(10-8-15)23(21,22)19-16-11-13-20(14-12-16)17-5-3-4-6-17/h7-10,16-17,19H,2-6,11-14H2,1H3. The molecule has 1 saturated heterocycles. The summed E-state index contributed by atoms with van der Waals surface area (Å²) < 4.78 is 27.9. The zero-order valence-corrected chi connectivity index (χ0v) is 14.8. The van der Waals surface area contributed by atoms with Crippen LogP contribution in [0.15, 0.2) is 29.2 Å². The summed E-state index contributed by atoms with van der Waals surface area (Å²) in [5.74, 6) is 0. The van der Waals surface area contributed by atoms with Crippen molar-refractivity contribution in [1.29, 1.82) is 0 Å². The summed E-state index contributed by atoms with van der Waals surface area (Å²) in [5.41, 5.74) is 1.16. The maximum absolute atomic E-state index is 12.5. The average molecular weight is 337 g/mol. The van der Waals surface area contributed by atoms with E-state index in [0.717, 1.165) is 44.0 Å². The Labute approximate surface area is 140 Å². The summed E-state index contributed by atoms with van der Waals surface area (Å²) in [6.45, 7) is 4.11. The number of hydrogen-bond donors (Lipinski definition) is 1. The lowest BCUT2D eigenvalue weighted by Gasteiger charge is -2.36. The Hall–Kier alpha value is -0.910. The molecule has 1 heterocycles. The third kappa shape index (κ3) is 4.14. The molecular weight excluding hydrogens is 308 g/mol. The number of nitrogens with zero attached hydrogens (tertiary/aromatic N) is 1. The van der Waals surface area contributed by atoms with Gasteiger partial charge in [-0.2, -0.15) is 0 Å². The number of rotatable bonds is 5. The first-order chi connectivity index (χ1) is 11.1. The predicted molar refractivity (Wildman–Crippen MR) is 93.0 cm³/mol. The van der Waals surface area contributed by atoms with Crippen LogP contribution in [-0.2, 0) is 16.4 Å². The molecule has 4 nitrogen and oxygen atoms in total. The first kappa shape index (κ1) is 16.9. The second kappa shape index (κ2) is 7.32. The molecule has 0 aromatic heterocycles. The smallest absolute Gasteiger partial charge is 0.240 e. The van der Waals surface area contributed by atoms with Crippen LogP contribution in [-0.4, -0.2) is 38.5 Å². The molecule has 2 fully saturated rings. The zero-order valence-electron chi connectivity index (χ0n) is 14.0. The van der Waals surface area contributed by atoms with Crippen LogP contribution in [0.5, 0.6) is 0 Å². The van der Waals surface area contributed by atoms with Crippen LogP contribution in [0.1, 0.15) is 51.0 Å². The topological polar surface area (TPSA) is 49.4 Å². The molecule has 1 aliphatic heterocycles. The third-order valence-corrected chi connectivity index (χ3v) is 6.87. The normalized spacial score (nSPS) is 21.8. The number of nitrogens with one attached hydrogen (secondary N) is 1. The molecule has 1 aromatic rings. The fourth-order valence-corrected chi connectivity index (χ4v) is 5.15. The molecule has 1 aliphatic carbocycles. The minimum Gasteiger partial charge on any atom is -0.300 e. The highest BCUT2D eigenvalue weighted by atomic mass is 32.2. The Morgan fingerprint density at radius 2 is 1.65 bits per heavy atom. The summed E-state index contributed by atoms with van der Waals surface area (Å²) in [4.78, 5) is 2.95. The number of piperidine rings is 1. The van der Waals surface area contributed by atoms with Crippen molar-refractivity contribution in [2.75, 3.05) is 13.1 Å². The van der Waals surface area contributed by atoms with Gasteiger partial charge in [-0.15, -0.1) is 0 Å². The lowest BCUT2D eigenvalue weighted by atomic mass is 10.0. The van der Waals surface area contributed by atoms with Gasteiger partial charge in [0, 0.05) is 12.1 Å². The minimum atomic E-state index is -3.39. The highest BCUT2D eigenvalue weighted by Crippen LogP contribution is 2.26. The maximum atomic E-state index is 12.5. The second-order valence-electron chi connectivity index (χ2n) is 6.87. The van der Waals surface area contributed by atoms with Crippen LogP contribution in [0, 0.1) is 0 Å². The van der Waals surface area contributed by atoms with Crippen molar-refractivity contribution in [2.45, 2.75) is 68.8 Å². The van der Waals surface area contributed by atoms with E-state index in [4.69, 9.17) is 0 Å². The molecule has 0 spiro atoms. The third-order valence-electron chi connectivity index (χ3n) is 5.33. The summed E-state index contributed by atoms with van der Waals surface area (Å²) in [6, 6.07) is 8.05. The molecule has 1 saturated carbocycles. The van der Waals surface area contributed by atoms with E-state index >= 15 is 0 Å². The summed E-state index contributed by atoms with van der Waals surface area (Å²) >= 11 is 0. The van der Waals surface area contributed by atoms with Gasteiger partial charge in [0.2, 0.25) is 10.0 Å². The van der Waals surface area contributed by atoms with Crippen molar-refractivity contribution in [3.63, 3.8) is 0 Å². The SMILES string of the molecule is CCc1ccc(S(=O)(=O)NC2CCN(C3CCCC3)CC2)cc1. The first-order valence-electron chi connectivity index (χ1n) is 8.94. The Morgan fingerprint density at radius 3 is 2.22 bits per heavy atom. The summed E-state index contributed by atoms with van der Waals surface area (Å²) in [5, 5.41) is 0. The van der Waals surface area contributed by atoms with E-state index in [-0.39, 0.29) is 6.04 Å². The molecule has 23 heavy (non-hydrogen) atoms. The fraction of sp³-hybridized carbons (Fsp3) is 0.667. The Kier molecular flexibility index (Phi) is 5.39. The number of benzene rings is 1. The van der Waals surface area contributed by atoms with E-state index < -0.39 is 10.0 Å². The van der Waals surface area contributed by atoms with Gasteiger partial charge < -0.3 is 4.90 Å². The largest absolute Gasteiger partial charge is 0.300 e. The number of hydrogen-bond acceptors (Lipinski definition) is 3. The van der Waals surface area contributed by atoms with Crippen molar-refractivity contribution in [1.82, 2.24) is 9.62 Å². The van der Waals surface area contributed by atoms with Gasteiger partial charge in [0.15, 0.2) is 0 Å². The molecule has 0 radical (unpaired) electrons. The predicted octanol–water partition coefficient (Wildman–Crippen LogP) is 2.93. The zero-order chi connectivity index (χ0) is 16.3. The minimum absolute atomic E-state index is 0.0727. The van der Waals surface area contributed by atoms with Crippen LogP contribution in [0.2, 0.25) is 0 Å². The monoisotopic (exact) mass is 336 g/mol. The fourth-order valence-electron chi connectivity index (χ4n) is 3.84. The molecule has 3 rings (SSSR count). The van der Waals surface area contributed by atoms with Crippen LogP contribution in [0.4, 0.5) is 0 Å². The van der Waals surface area contributed by atoms with Gasteiger partial charge in [-0.25, -0.2) is 13.1 Å². The number of sulfonamides is 1. The molecular formula is C18H28N2O2S. The van der Waals surface area contributed by atoms with Gasteiger partial charge in [0.1, 0.15) is 0 Å². The van der Waals surface area contributed by atoms with E-state index in [2.05, 4.69) is 16.5 Å². The maximum Gasteiger partial charge on any atom is 0.240 e. The summed E-state index contributed by atoms with van der Waals surface area (Å²) in [6.07, 6.45) is 8.11. The molecule has 2 aliphatic rings.